The predicted molar refractivity (Wildman–Crippen MR) is 133 cm³/mol. The van der Waals surface area contributed by atoms with Crippen molar-refractivity contribution in [3.05, 3.63) is 108 Å². The van der Waals surface area contributed by atoms with Crippen molar-refractivity contribution in [2.24, 2.45) is 0 Å². The Labute approximate surface area is 203 Å². The first kappa shape index (κ1) is 23.8. The van der Waals surface area contributed by atoms with E-state index in [4.69, 9.17) is 9.47 Å². The molecule has 1 aliphatic heterocycles. The second kappa shape index (κ2) is 10.7. The Morgan fingerprint density at radius 3 is 2.46 bits per heavy atom. The van der Waals surface area contributed by atoms with Gasteiger partial charge in [-0.25, -0.2) is 14.1 Å². The molecule has 0 unspecified atom stereocenters. The second-order valence-corrected chi connectivity index (χ2v) is 7.81. The van der Waals surface area contributed by atoms with Gasteiger partial charge in [-0.2, -0.15) is 0 Å². The minimum Gasteiger partial charge on any atom is -0.490 e. The van der Waals surface area contributed by atoms with Gasteiger partial charge in [0.05, 0.1) is 12.3 Å². The van der Waals surface area contributed by atoms with Gasteiger partial charge in [0, 0.05) is 5.56 Å². The topological polar surface area (TPSA) is 67.9 Å². The fraction of sp³-hybridized carbons (Fsp3) is 0.143. The van der Waals surface area contributed by atoms with Crippen molar-refractivity contribution in [3.63, 3.8) is 0 Å². The molecule has 0 saturated carbocycles. The smallest absolute Gasteiger partial charge is 0.333 e. The Kier molecular flexibility index (Phi) is 7.26. The van der Waals surface area contributed by atoms with E-state index >= 15 is 0 Å². The van der Waals surface area contributed by atoms with Gasteiger partial charge in [0.25, 0.3) is 5.91 Å². The van der Waals surface area contributed by atoms with Crippen molar-refractivity contribution >= 4 is 23.7 Å². The molecule has 1 heterocycles. The quantitative estimate of drug-likeness (QED) is 0.249. The van der Waals surface area contributed by atoms with Crippen LogP contribution in [0.25, 0.3) is 6.08 Å². The molecule has 0 radical (unpaired) electrons. The molecular weight excluding hydrogens is 447 g/mol. The van der Waals surface area contributed by atoms with Crippen molar-refractivity contribution < 1.29 is 23.5 Å². The molecule has 0 aromatic heterocycles. The summed E-state index contributed by atoms with van der Waals surface area (Å²) in [5.41, 5.74) is 2.93. The molecule has 6 nitrogen and oxygen atoms in total. The van der Waals surface area contributed by atoms with E-state index in [1.165, 1.54) is 12.1 Å². The first-order valence-corrected chi connectivity index (χ1v) is 11.2. The maximum absolute atomic E-state index is 13.2. The Hall–Kier alpha value is -4.39. The average molecular weight is 473 g/mol. The molecule has 3 amide bonds. The Bertz CT molecular complexity index is 1270. The van der Waals surface area contributed by atoms with E-state index in [1.54, 1.807) is 54.6 Å². The van der Waals surface area contributed by atoms with Crippen LogP contribution in [0.15, 0.2) is 85.1 Å². The number of urea groups is 1. The number of para-hydroxylation sites is 1. The fourth-order valence-electron chi connectivity index (χ4n) is 3.75. The number of nitrogens with one attached hydrogen (secondary N) is 1. The van der Waals surface area contributed by atoms with Crippen LogP contribution >= 0.6 is 0 Å². The normalized spacial score (nSPS) is 14.2. The summed E-state index contributed by atoms with van der Waals surface area (Å²) in [5, 5.41) is 2.65. The largest absolute Gasteiger partial charge is 0.490 e. The third-order valence-electron chi connectivity index (χ3n) is 5.32. The molecule has 4 rings (SSSR count). The van der Waals surface area contributed by atoms with Crippen LogP contribution in [0.2, 0.25) is 0 Å². The van der Waals surface area contributed by atoms with E-state index in [9.17, 15) is 14.0 Å². The van der Waals surface area contributed by atoms with Crippen molar-refractivity contribution in [1.82, 2.24) is 5.32 Å². The average Bonchev–Trinajstić information content (AvgIpc) is 3.13. The van der Waals surface area contributed by atoms with Gasteiger partial charge in [-0.1, -0.05) is 36.4 Å². The summed E-state index contributed by atoms with van der Waals surface area (Å²) in [5.74, 6) is 0.289. The van der Waals surface area contributed by atoms with Gasteiger partial charge in [-0.3, -0.25) is 4.79 Å². The van der Waals surface area contributed by atoms with Gasteiger partial charge in [0.2, 0.25) is 0 Å². The van der Waals surface area contributed by atoms with Gasteiger partial charge in [0.1, 0.15) is 18.1 Å². The highest BCUT2D eigenvalue weighted by atomic mass is 19.1. The number of rotatable bonds is 9. The third kappa shape index (κ3) is 5.41. The number of hydrogen-bond acceptors (Lipinski definition) is 4. The van der Waals surface area contributed by atoms with Gasteiger partial charge in [-0.15, -0.1) is 6.58 Å². The standard InChI is InChI=1S/C28H25FN2O4/c1-3-8-21-15-20(16-24-27(32)31(28(33)30-24)23-9-6-5-7-10-23)17-25(34-4-2)26(21)35-18-19-11-13-22(29)14-12-19/h3,5-7,9-17H,1,4,8,18H2,2H3,(H,30,33)/b24-16+. The van der Waals surface area contributed by atoms with E-state index in [1.807, 2.05) is 19.1 Å². The van der Waals surface area contributed by atoms with Crippen LogP contribution in [0.3, 0.4) is 0 Å². The lowest BCUT2D eigenvalue weighted by molar-refractivity contribution is -0.113. The third-order valence-corrected chi connectivity index (χ3v) is 5.32. The molecule has 1 aliphatic rings. The number of carbonyl (C=O) groups is 2. The Morgan fingerprint density at radius 1 is 1.03 bits per heavy atom. The SMILES string of the molecule is C=CCc1cc(/C=C2/NC(=O)N(c3ccccc3)C2=O)cc(OCC)c1OCc1ccc(F)cc1. The van der Waals surface area contributed by atoms with Crippen molar-refractivity contribution in [1.29, 1.82) is 0 Å². The lowest BCUT2D eigenvalue weighted by Gasteiger charge is -2.17. The number of imide groups is 1. The van der Waals surface area contributed by atoms with Crippen molar-refractivity contribution in [3.8, 4) is 11.5 Å². The molecule has 178 valence electrons. The van der Waals surface area contributed by atoms with E-state index in [0.29, 0.717) is 35.8 Å². The van der Waals surface area contributed by atoms with Crippen LogP contribution in [-0.2, 0) is 17.8 Å². The maximum atomic E-state index is 13.2. The number of anilines is 1. The monoisotopic (exact) mass is 472 g/mol. The molecule has 3 aromatic rings. The number of halogens is 1. The summed E-state index contributed by atoms with van der Waals surface area (Å²) >= 11 is 0. The van der Waals surface area contributed by atoms with Gasteiger partial charge in [0.15, 0.2) is 11.5 Å². The van der Waals surface area contributed by atoms with Crippen LogP contribution in [0, 0.1) is 5.82 Å². The van der Waals surface area contributed by atoms with Crippen LogP contribution < -0.4 is 19.7 Å². The zero-order chi connectivity index (χ0) is 24.8. The number of allylic oxidation sites excluding steroid dienone is 1. The molecule has 0 atom stereocenters. The summed E-state index contributed by atoms with van der Waals surface area (Å²) < 4.78 is 25.2. The van der Waals surface area contributed by atoms with E-state index < -0.39 is 11.9 Å². The summed E-state index contributed by atoms with van der Waals surface area (Å²) in [4.78, 5) is 26.6. The first-order chi connectivity index (χ1) is 17.0. The Balaban J connectivity index is 1.65. The maximum Gasteiger partial charge on any atom is 0.333 e. The van der Waals surface area contributed by atoms with Gasteiger partial charge < -0.3 is 14.8 Å². The Morgan fingerprint density at radius 2 is 1.77 bits per heavy atom. The minimum atomic E-state index is -0.511. The van der Waals surface area contributed by atoms with Crippen LogP contribution in [0.4, 0.5) is 14.9 Å². The second-order valence-electron chi connectivity index (χ2n) is 7.81. The fourth-order valence-corrected chi connectivity index (χ4v) is 3.75. The lowest BCUT2D eigenvalue weighted by atomic mass is 10.0. The van der Waals surface area contributed by atoms with Crippen molar-refractivity contribution in [2.75, 3.05) is 11.5 Å². The lowest BCUT2D eigenvalue weighted by Crippen LogP contribution is -2.30. The molecule has 1 N–H and O–H groups in total. The molecule has 7 heteroatoms. The zero-order valence-electron chi connectivity index (χ0n) is 19.3. The van der Waals surface area contributed by atoms with E-state index in [-0.39, 0.29) is 18.1 Å². The first-order valence-electron chi connectivity index (χ1n) is 11.2. The zero-order valence-corrected chi connectivity index (χ0v) is 19.3. The molecule has 0 bridgehead atoms. The molecule has 0 aliphatic carbocycles. The van der Waals surface area contributed by atoms with Gasteiger partial charge in [-0.05, 0) is 66.9 Å². The summed E-state index contributed by atoms with van der Waals surface area (Å²) in [6.45, 7) is 6.32. The number of carbonyl (C=O) groups excluding carboxylic acids is 2. The number of ether oxygens (including phenoxy) is 2. The van der Waals surface area contributed by atoms with Crippen LogP contribution in [-0.4, -0.2) is 18.5 Å². The summed E-state index contributed by atoms with van der Waals surface area (Å²) in [6.07, 6.45) is 3.85. The predicted octanol–water partition coefficient (Wildman–Crippen LogP) is 5.63. The van der Waals surface area contributed by atoms with Crippen molar-refractivity contribution in [2.45, 2.75) is 20.0 Å². The molecule has 1 fully saturated rings. The number of hydrogen-bond donors (Lipinski definition) is 1. The van der Waals surface area contributed by atoms with E-state index in [2.05, 4.69) is 11.9 Å². The van der Waals surface area contributed by atoms with Crippen LogP contribution in [0.1, 0.15) is 23.6 Å². The number of nitrogens with zero attached hydrogens (tertiary/aromatic N) is 1. The summed E-state index contributed by atoms with van der Waals surface area (Å²) in [6, 6.07) is 17.9. The highest BCUT2D eigenvalue weighted by molar-refractivity contribution is 6.28. The van der Waals surface area contributed by atoms with E-state index in [0.717, 1.165) is 16.0 Å². The molecule has 35 heavy (non-hydrogen) atoms. The minimum absolute atomic E-state index is 0.158. The highest BCUT2D eigenvalue weighted by Crippen LogP contribution is 2.35. The molecular formula is C28H25FN2O4. The summed E-state index contributed by atoms with van der Waals surface area (Å²) in [7, 11) is 0. The number of amides is 3. The van der Waals surface area contributed by atoms with Crippen LogP contribution in [0.5, 0.6) is 11.5 Å². The highest BCUT2D eigenvalue weighted by Gasteiger charge is 2.34. The van der Waals surface area contributed by atoms with Gasteiger partial charge >= 0.3 is 6.03 Å². The molecule has 1 saturated heterocycles. The molecule has 0 spiro atoms. The molecule has 3 aromatic carbocycles. The number of benzene rings is 3.